The zero-order valence-corrected chi connectivity index (χ0v) is 14.1. The molecule has 0 aliphatic carbocycles. The predicted molar refractivity (Wildman–Crippen MR) is 91.4 cm³/mol. The van der Waals surface area contributed by atoms with Gasteiger partial charge in [-0.15, -0.1) is 0 Å². The van der Waals surface area contributed by atoms with Crippen LogP contribution in [0.25, 0.3) is 0 Å². The molecule has 1 heterocycles. The quantitative estimate of drug-likeness (QED) is 0.413. The van der Waals surface area contributed by atoms with E-state index < -0.39 is 0 Å². The number of aryl methyl sites for hydroxylation is 1. The molecule has 0 bridgehead atoms. The van der Waals surface area contributed by atoms with Crippen LogP contribution in [-0.4, -0.2) is 9.97 Å². The molecule has 0 saturated carbocycles. The van der Waals surface area contributed by atoms with Gasteiger partial charge in [0.2, 0.25) is 0 Å². The first-order valence-electron chi connectivity index (χ1n) is 6.11. The van der Waals surface area contributed by atoms with Crippen molar-refractivity contribution in [2.24, 2.45) is 5.84 Å². The number of nitrogens with one attached hydrogen (secondary N) is 2. The lowest BCUT2D eigenvalue weighted by molar-refractivity contribution is 0.932. The summed E-state index contributed by atoms with van der Waals surface area (Å²) in [5.74, 6) is 7.60. The lowest BCUT2D eigenvalue weighted by Gasteiger charge is -2.14. The first-order valence-corrected chi connectivity index (χ1v) is 7.57. The second-order valence-electron chi connectivity index (χ2n) is 4.21. The van der Waals surface area contributed by atoms with Crippen LogP contribution in [0.3, 0.4) is 0 Å². The van der Waals surface area contributed by atoms with E-state index in [-0.39, 0.29) is 0 Å². The maximum atomic E-state index is 5.96. The summed E-state index contributed by atoms with van der Waals surface area (Å²) in [6.45, 7) is 3.92. The third-order valence-electron chi connectivity index (χ3n) is 2.83. The van der Waals surface area contributed by atoms with Crippen molar-refractivity contribution in [1.29, 1.82) is 0 Å². The number of anilines is 3. The van der Waals surface area contributed by atoms with Crippen molar-refractivity contribution < 1.29 is 0 Å². The number of nitrogen functional groups attached to an aromatic ring is 1. The van der Waals surface area contributed by atoms with Crippen molar-refractivity contribution in [3.8, 4) is 0 Å². The number of nitrogens with zero attached hydrogens (tertiary/aromatic N) is 2. The van der Waals surface area contributed by atoms with Crippen molar-refractivity contribution in [2.75, 3.05) is 10.7 Å². The third kappa shape index (κ3) is 3.31. The minimum absolute atomic E-state index is 0.628. The molecular formula is C13H15ClIN5. The van der Waals surface area contributed by atoms with Gasteiger partial charge in [0.1, 0.15) is 17.5 Å². The number of rotatable bonds is 4. The Morgan fingerprint density at radius 1 is 1.30 bits per heavy atom. The van der Waals surface area contributed by atoms with E-state index in [9.17, 15) is 0 Å². The van der Waals surface area contributed by atoms with Crippen molar-refractivity contribution in [3.63, 3.8) is 0 Å². The Morgan fingerprint density at radius 2 is 2.00 bits per heavy atom. The Balaban J connectivity index is 2.42. The minimum Gasteiger partial charge on any atom is -0.339 e. The van der Waals surface area contributed by atoms with Gasteiger partial charge in [-0.05, 0) is 47.7 Å². The van der Waals surface area contributed by atoms with Crippen molar-refractivity contribution in [3.05, 3.63) is 38.2 Å². The fraction of sp³-hybridized carbons (Fsp3) is 0.231. The van der Waals surface area contributed by atoms with Gasteiger partial charge in [0.25, 0.3) is 0 Å². The van der Waals surface area contributed by atoms with Gasteiger partial charge >= 0.3 is 0 Å². The summed E-state index contributed by atoms with van der Waals surface area (Å²) in [6, 6.07) is 5.65. The smallest absolute Gasteiger partial charge is 0.148 e. The number of hydrazine groups is 1. The molecular weight excluding hydrogens is 389 g/mol. The van der Waals surface area contributed by atoms with E-state index >= 15 is 0 Å². The number of aromatic nitrogens is 2. The lowest BCUT2D eigenvalue weighted by atomic mass is 10.2. The standard InChI is InChI=1S/C13H15ClIN5/c1-3-11-18-12(7(2)13(19-11)20-16)17-10-5-4-8(14)6-9(10)15/h4-6H,3,16H2,1-2H3,(H2,17,18,19,20). The van der Waals surface area contributed by atoms with Crippen LogP contribution >= 0.6 is 34.2 Å². The Bertz CT molecular complexity index is 632. The molecule has 0 radical (unpaired) electrons. The Morgan fingerprint density at radius 3 is 2.60 bits per heavy atom. The maximum absolute atomic E-state index is 5.96. The highest BCUT2D eigenvalue weighted by Crippen LogP contribution is 2.28. The van der Waals surface area contributed by atoms with Crippen molar-refractivity contribution in [2.45, 2.75) is 20.3 Å². The van der Waals surface area contributed by atoms with Crippen LogP contribution in [0.15, 0.2) is 18.2 Å². The summed E-state index contributed by atoms with van der Waals surface area (Å²) in [5, 5.41) is 4.01. The monoisotopic (exact) mass is 403 g/mol. The highest BCUT2D eigenvalue weighted by Gasteiger charge is 2.11. The molecule has 1 aromatic heterocycles. The molecule has 0 saturated heterocycles. The lowest BCUT2D eigenvalue weighted by Crippen LogP contribution is -2.14. The van der Waals surface area contributed by atoms with Crippen LogP contribution in [0.1, 0.15) is 18.3 Å². The van der Waals surface area contributed by atoms with E-state index in [4.69, 9.17) is 17.4 Å². The van der Waals surface area contributed by atoms with E-state index in [1.54, 1.807) is 0 Å². The van der Waals surface area contributed by atoms with Crippen molar-refractivity contribution in [1.82, 2.24) is 9.97 Å². The fourth-order valence-corrected chi connectivity index (χ4v) is 2.71. The predicted octanol–water partition coefficient (Wildman–Crippen LogP) is 3.63. The Labute approximate surface area is 136 Å². The largest absolute Gasteiger partial charge is 0.339 e. The maximum Gasteiger partial charge on any atom is 0.148 e. The molecule has 2 rings (SSSR count). The van der Waals surface area contributed by atoms with Crippen LogP contribution < -0.4 is 16.6 Å². The van der Waals surface area contributed by atoms with E-state index in [0.29, 0.717) is 10.8 Å². The second-order valence-corrected chi connectivity index (χ2v) is 5.81. The molecule has 5 nitrogen and oxygen atoms in total. The zero-order valence-electron chi connectivity index (χ0n) is 11.2. The van der Waals surface area contributed by atoms with Gasteiger partial charge in [-0.2, -0.15) is 0 Å². The highest BCUT2D eigenvalue weighted by atomic mass is 127. The molecule has 2 aromatic rings. The van der Waals surface area contributed by atoms with Crippen LogP contribution in [0.4, 0.5) is 17.3 Å². The van der Waals surface area contributed by atoms with Crippen LogP contribution in [0.2, 0.25) is 5.02 Å². The first-order chi connectivity index (χ1) is 9.55. The summed E-state index contributed by atoms with van der Waals surface area (Å²) in [4.78, 5) is 8.84. The summed E-state index contributed by atoms with van der Waals surface area (Å²) >= 11 is 8.19. The van der Waals surface area contributed by atoms with E-state index in [2.05, 4.69) is 43.3 Å². The summed E-state index contributed by atoms with van der Waals surface area (Å²) in [7, 11) is 0. The Hall–Kier alpha value is -1.12. The average Bonchev–Trinajstić information content (AvgIpc) is 2.43. The molecule has 0 atom stereocenters. The van der Waals surface area contributed by atoms with Crippen molar-refractivity contribution >= 4 is 51.5 Å². The van der Waals surface area contributed by atoms with Gasteiger partial charge in [0.15, 0.2) is 0 Å². The third-order valence-corrected chi connectivity index (χ3v) is 3.96. The molecule has 4 N–H and O–H groups in total. The molecule has 106 valence electrons. The van der Waals surface area contributed by atoms with Gasteiger partial charge in [-0.25, -0.2) is 15.8 Å². The van der Waals surface area contributed by atoms with Crippen LogP contribution in [-0.2, 0) is 6.42 Å². The fourth-order valence-electron chi connectivity index (χ4n) is 1.70. The van der Waals surface area contributed by atoms with Gasteiger partial charge in [-0.1, -0.05) is 18.5 Å². The SMILES string of the molecule is CCc1nc(NN)c(C)c(Nc2ccc(Cl)cc2I)n1. The normalized spacial score (nSPS) is 10.4. The van der Waals surface area contributed by atoms with E-state index in [1.165, 1.54) is 0 Å². The topological polar surface area (TPSA) is 75.9 Å². The number of hydrogen-bond donors (Lipinski definition) is 3. The molecule has 0 unspecified atom stereocenters. The summed E-state index contributed by atoms with van der Waals surface area (Å²) < 4.78 is 1.02. The van der Waals surface area contributed by atoms with Gasteiger partial charge in [0, 0.05) is 20.6 Å². The molecule has 0 spiro atoms. The van der Waals surface area contributed by atoms with E-state index in [0.717, 1.165) is 32.9 Å². The second kappa shape index (κ2) is 6.55. The molecule has 1 aromatic carbocycles. The van der Waals surface area contributed by atoms with Gasteiger partial charge < -0.3 is 10.7 Å². The van der Waals surface area contributed by atoms with Gasteiger partial charge in [-0.3, -0.25) is 0 Å². The number of benzene rings is 1. The highest BCUT2D eigenvalue weighted by molar-refractivity contribution is 14.1. The van der Waals surface area contributed by atoms with Crippen LogP contribution in [0, 0.1) is 10.5 Å². The zero-order chi connectivity index (χ0) is 14.7. The van der Waals surface area contributed by atoms with Gasteiger partial charge in [0.05, 0.1) is 5.69 Å². The van der Waals surface area contributed by atoms with Crippen LogP contribution in [0.5, 0.6) is 0 Å². The molecule has 0 aliphatic rings. The molecule has 0 fully saturated rings. The molecule has 20 heavy (non-hydrogen) atoms. The Kier molecular flexibility index (Phi) is 5.00. The first kappa shape index (κ1) is 15.3. The average molecular weight is 404 g/mol. The summed E-state index contributed by atoms with van der Waals surface area (Å²) in [6.07, 6.45) is 0.737. The molecule has 0 aliphatic heterocycles. The number of hydrogen-bond acceptors (Lipinski definition) is 5. The number of nitrogens with two attached hydrogens (primary N) is 1. The molecule has 0 amide bonds. The van der Waals surface area contributed by atoms with E-state index in [1.807, 2.05) is 32.0 Å². The summed E-state index contributed by atoms with van der Waals surface area (Å²) in [5.41, 5.74) is 4.42. The minimum atomic E-state index is 0.628. The molecule has 7 heteroatoms. The number of halogens is 2.